The molecule has 66 valence electrons. The number of nitrogens with zero attached hydrogens (tertiary/aromatic N) is 3. The van der Waals surface area contributed by atoms with Gasteiger partial charge in [-0.15, -0.1) is 0 Å². The van der Waals surface area contributed by atoms with E-state index in [1.54, 1.807) is 6.92 Å². The number of aromatic nitrogens is 2. The fourth-order valence-corrected chi connectivity index (χ4v) is 1.28. The lowest BCUT2D eigenvalue weighted by molar-refractivity contribution is 0.391. The van der Waals surface area contributed by atoms with Crippen molar-refractivity contribution in [3.63, 3.8) is 0 Å². The van der Waals surface area contributed by atoms with Gasteiger partial charge in [-0.1, -0.05) is 0 Å². The van der Waals surface area contributed by atoms with E-state index in [0.29, 0.717) is 11.8 Å². The Kier molecular flexibility index (Phi) is 1.95. The molecule has 5 nitrogen and oxygen atoms in total. The average molecular weight is 168 g/mol. The van der Waals surface area contributed by atoms with Crippen LogP contribution in [0.3, 0.4) is 0 Å². The molecule has 2 heterocycles. The van der Waals surface area contributed by atoms with Crippen molar-refractivity contribution in [1.82, 2.24) is 15.5 Å². The fraction of sp³-hybridized carbons (Fsp3) is 0.714. The Morgan fingerprint density at radius 3 is 2.75 bits per heavy atom. The number of rotatable bonds is 1. The molecule has 0 aromatic carbocycles. The quantitative estimate of drug-likeness (QED) is 0.628. The van der Waals surface area contributed by atoms with Crippen LogP contribution in [0.2, 0.25) is 0 Å². The van der Waals surface area contributed by atoms with Crippen molar-refractivity contribution >= 4 is 5.95 Å². The zero-order valence-electron chi connectivity index (χ0n) is 7.08. The van der Waals surface area contributed by atoms with Gasteiger partial charge in [0.2, 0.25) is 5.89 Å². The van der Waals surface area contributed by atoms with E-state index >= 15 is 0 Å². The van der Waals surface area contributed by atoms with Gasteiger partial charge >= 0.3 is 0 Å². The summed E-state index contributed by atoms with van der Waals surface area (Å²) in [5.74, 6) is 1.34. The van der Waals surface area contributed by atoms with Gasteiger partial charge in [-0.05, 0) is 5.16 Å². The second-order valence-electron chi connectivity index (χ2n) is 2.85. The maximum Gasteiger partial charge on any atom is 0.266 e. The molecular weight excluding hydrogens is 156 g/mol. The SMILES string of the molecule is Cc1nc(N2CCNCC2)no1. The summed E-state index contributed by atoms with van der Waals surface area (Å²) >= 11 is 0. The fourth-order valence-electron chi connectivity index (χ4n) is 1.28. The molecule has 0 radical (unpaired) electrons. The van der Waals surface area contributed by atoms with Crippen LogP contribution in [-0.2, 0) is 0 Å². The minimum Gasteiger partial charge on any atom is -0.338 e. The molecule has 1 N–H and O–H groups in total. The number of hydrogen-bond donors (Lipinski definition) is 1. The van der Waals surface area contributed by atoms with E-state index in [0.717, 1.165) is 26.2 Å². The lowest BCUT2D eigenvalue weighted by Crippen LogP contribution is -2.44. The van der Waals surface area contributed by atoms with Crippen molar-refractivity contribution in [1.29, 1.82) is 0 Å². The molecular formula is C7H12N4O. The van der Waals surface area contributed by atoms with E-state index in [-0.39, 0.29) is 0 Å². The van der Waals surface area contributed by atoms with Crippen molar-refractivity contribution in [2.75, 3.05) is 31.1 Å². The van der Waals surface area contributed by atoms with Gasteiger partial charge in [-0.2, -0.15) is 4.98 Å². The highest BCUT2D eigenvalue weighted by Gasteiger charge is 2.14. The van der Waals surface area contributed by atoms with Crippen molar-refractivity contribution < 1.29 is 4.52 Å². The van der Waals surface area contributed by atoms with Gasteiger partial charge in [0.05, 0.1) is 0 Å². The van der Waals surface area contributed by atoms with E-state index in [1.807, 2.05) is 0 Å². The lowest BCUT2D eigenvalue weighted by Gasteiger charge is -2.25. The van der Waals surface area contributed by atoms with Crippen LogP contribution in [0.1, 0.15) is 5.89 Å². The third-order valence-electron chi connectivity index (χ3n) is 1.92. The number of piperazine rings is 1. The Morgan fingerprint density at radius 1 is 1.42 bits per heavy atom. The smallest absolute Gasteiger partial charge is 0.266 e. The van der Waals surface area contributed by atoms with Crippen LogP contribution in [0.25, 0.3) is 0 Å². The lowest BCUT2D eigenvalue weighted by atomic mass is 10.4. The molecule has 0 atom stereocenters. The molecule has 1 fully saturated rings. The van der Waals surface area contributed by atoms with Crippen LogP contribution >= 0.6 is 0 Å². The predicted octanol–water partition coefficient (Wildman–Crippen LogP) is -0.212. The zero-order valence-corrected chi connectivity index (χ0v) is 7.08. The van der Waals surface area contributed by atoms with Gasteiger partial charge in [0, 0.05) is 33.1 Å². The van der Waals surface area contributed by atoms with Gasteiger partial charge in [0.1, 0.15) is 0 Å². The molecule has 1 aliphatic heterocycles. The molecule has 0 aliphatic carbocycles. The van der Waals surface area contributed by atoms with Gasteiger partial charge in [-0.25, -0.2) is 0 Å². The topological polar surface area (TPSA) is 54.2 Å². The largest absolute Gasteiger partial charge is 0.338 e. The summed E-state index contributed by atoms with van der Waals surface area (Å²) in [6.07, 6.45) is 0. The van der Waals surface area contributed by atoms with Crippen molar-refractivity contribution in [3.8, 4) is 0 Å². The third-order valence-corrected chi connectivity index (χ3v) is 1.92. The van der Waals surface area contributed by atoms with Crippen LogP contribution in [-0.4, -0.2) is 36.3 Å². The third kappa shape index (κ3) is 1.40. The minimum absolute atomic E-state index is 0.628. The molecule has 1 aromatic heterocycles. The highest BCUT2D eigenvalue weighted by atomic mass is 16.5. The number of aryl methyl sites for hydroxylation is 1. The van der Waals surface area contributed by atoms with Crippen LogP contribution in [0.15, 0.2) is 4.52 Å². The molecule has 1 aliphatic rings. The molecule has 0 saturated carbocycles. The number of hydrogen-bond acceptors (Lipinski definition) is 5. The molecule has 12 heavy (non-hydrogen) atoms. The second kappa shape index (κ2) is 3.10. The van der Waals surface area contributed by atoms with E-state index in [4.69, 9.17) is 4.52 Å². The molecule has 1 saturated heterocycles. The van der Waals surface area contributed by atoms with Crippen LogP contribution < -0.4 is 10.2 Å². The van der Waals surface area contributed by atoms with Crippen LogP contribution in [0.4, 0.5) is 5.95 Å². The first-order valence-corrected chi connectivity index (χ1v) is 4.12. The summed E-state index contributed by atoms with van der Waals surface area (Å²) in [6, 6.07) is 0. The standard InChI is InChI=1S/C7H12N4O/c1-6-9-7(10-12-6)11-4-2-8-3-5-11/h8H,2-5H2,1H3. The Balaban J connectivity index is 2.08. The summed E-state index contributed by atoms with van der Waals surface area (Å²) in [5, 5.41) is 7.11. The molecule has 1 aromatic rings. The zero-order chi connectivity index (χ0) is 8.39. The summed E-state index contributed by atoms with van der Waals surface area (Å²) in [5.41, 5.74) is 0. The van der Waals surface area contributed by atoms with Gasteiger partial charge in [-0.3, -0.25) is 0 Å². The number of anilines is 1. The highest BCUT2D eigenvalue weighted by Crippen LogP contribution is 2.08. The van der Waals surface area contributed by atoms with E-state index in [9.17, 15) is 0 Å². The maximum atomic E-state index is 4.89. The highest BCUT2D eigenvalue weighted by molar-refractivity contribution is 5.28. The first kappa shape index (κ1) is 7.54. The Bertz CT molecular complexity index is 254. The first-order valence-electron chi connectivity index (χ1n) is 4.12. The summed E-state index contributed by atoms with van der Waals surface area (Å²) < 4.78 is 4.89. The second-order valence-corrected chi connectivity index (χ2v) is 2.85. The minimum atomic E-state index is 0.628. The number of nitrogens with one attached hydrogen (secondary N) is 1. The summed E-state index contributed by atoms with van der Waals surface area (Å²) in [4.78, 5) is 6.27. The van der Waals surface area contributed by atoms with Gasteiger partial charge in [0.15, 0.2) is 0 Å². The van der Waals surface area contributed by atoms with Crippen molar-refractivity contribution in [2.24, 2.45) is 0 Å². The summed E-state index contributed by atoms with van der Waals surface area (Å²) in [7, 11) is 0. The Hall–Kier alpha value is -1.10. The monoisotopic (exact) mass is 168 g/mol. The molecule has 0 spiro atoms. The van der Waals surface area contributed by atoms with E-state index in [2.05, 4.69) is 20.4 Å². The molecule has 2 rings (SSSR count). The summed E-state index contributed by atoms with van der Waals surface area (Å²) in [6.45, 7) is 5.71. The molecule has 0 unspecified atom stereocenters. The molecule has 5 heteroatoms. The van der Waals surface area contributed by atoms with Crippen LogP contribution in [0, 0.1) is 6.92 Å². The Labute approximate surface area is 70.7 Å². The maximum absolute atomic E-state index is 4.89. The predicted molar refractivity (Wildman–Crippen MR) is 44.1 cm³/mol. The van der Waals surface area contributed by atoms with Crippen molar-refractivity contribution in [2.45, 2.75) is 6.92 Å². The molecule has 0 amide bonds. The average Bonchev–Trinajstić information content (AvgIpc) is 2.54. The normalized spacial score (nSPS) is 18.2. The van der Waals surface area contributed by atoms with Crippen molar-refractivity contribution in [3.05, 3.63) is 5.89 Å². The van der Waals surface area contributed by atoms with Crippen LogP contribution in [0.5, 0.6) is 0 Å². The first-order chi connectivity index (χ1) is 5.86. The van der Waals surface area contributed by atoms with Gasteiger partial charge < -0.3 is 14.7 Å². The molecule has 0 bridgehead atoms. The van der Waals surface area contributed by atoms with E-state index < -0.39 is 0 Å². The Morgan fingerprint density at radius 2 is 2.17 bits per heavy atom. The van der Waals surface area contributed by atoms with Gasteiger partial charge in [0.25, 0.3) is 5.95 Å². The van der Waals surface area contributed by atoms with E-state index in [1.165, 1.54) is 0 Å².